The standard InChI is InChI=1S/C26H20N2O4/c1-15-11-20(16(2)28-22-10-6-5-9-19(22)26(30)31)25-21(12-15)23(29)13-24(32-25)18-8-4-3-7-17(18)14-27/h3-13,16,28H,1-2H3,(H,30,31)/t16-/m1/s1. The first-order valence-corrected chi connectivity index (χ1v) is 10.1. The summed E-state index contributed by atoms with van der Waals surface area (Å²) in [5, 5.41) is 22.6. The van der Waals surface area contributed by atoms with Crippen molar-refractivity contribution in [1.82, 2.24) is 0 Å². The van der Waals surface area contributed by atoms with Crippen molar-refractivity contribution in [2.45, 2.75) is 19.9 Å². The number of carboxylic acids is 1. The molecule has 158 valence electrons. The zero-order valence-electron chi connectivity index (χ0n) is 17.5. The van der Waals surface area contributed by atoms with Gasteiger partial charge < -0.3 is 14.8 Å². The summed E-state index contributed by atoms with van der Waals surface area (Å²) in [6, 6.07) is 20.4. The Morgan fingerprint density at radius 3 is 2.56 bits per heavy atom. The molecule has 4 rings (SSSR count). The molecule has 0 fully saturated rings. The number of para-hydroxylation sites is 1. The number of aromatic carboxylic acids is 1. The van der Waals surface area contributed by atoms with Crippen LogP contribution in [0.15, 0.2) is 75.9 Å². The van der Waals surface area contributed by atoms with E-state index in [4.69, 9.17) is 4.42 Å². The lowest BCUT2D eigenvalue weighted by molar-refractivity contribution is 0.0698. The number of hydrogen-bond acceptors (Lipinski definition) is 5. The van der Waals surface area contributed by atoms with E-state index in [1.54, 1.807) is 48.5 Å². The molecule has 1 atom stereocenters. The Hall–Kier alpha value is -4.37. The molecule has 4 aromatic rings. The summed E-state index contributed by atoms with van der Waals surface area (Å²) in [4.78, 5) is 24.5. The lowest BCUT2D eigenvalue weighted by Gasteiger charge is -2.19. The molecule has 2 N–H and O–H groups in total. The fourth-order valence-corrected chi connectivity index (χ4v) is 3.79. The van der Waals surface area contributed by atoms with Crippen molar-refractivity contribution in [3.8, 4) is 17.4 Å². The van der Waals surface area contributed by atoms with Gasteiger partial charge in [-0.05, 0) is 49.7 Å². The highest BCUT2D eigenvalue weighted by molar-refractivity contribution is 5.94. The first-order chi connectivity index (χ1) is 15.4. The smallest absolute Gasteiger partial charge is 0.337 e. The molecule has 6 heteroatoms. The zero-order chi connectivity index (χ0) is 22.8. The van der Waals surface area contributed by atoms with Crippen molar-refractivity contribution >= 4 is 22.6 Å². The number of carbonyl (C=O) groups is 1. The average molecular weight is 424 g/mol. The first-order valence-electron chi connectivity index (χ1n) is 10.1. The molecular formula is C26H20N2O4. The van der Waals surface area contributed by atoms with Gasteiger partial charge in [0.05, 0.1) is 28.6 Å². The third kappa shape index (κ3) is 3.84. The third-order valence-electron chi connectivity index (χ3n) is 5.31. The van der Waals surface area contributed by atoms with Gasteiger partial charge in [0, 0.05) is 22.9 Å². The summed E-state index contributed by atoms with van der Waals surface area (Å²) in [7, 11) is 0. The maximum absolute atomic E-state index is 13.0. The summed E-state index contributed by atoms with van der Waals surface area (Å²) in [5.41, 5.74) is 3.36. The average Bonchev–Trinajstić information content (AvgIpc) is 2.79. The fourth-order valence-electron chi connectivity index (χ4n) is 3.79. The summed E-state index contributed by atoms with van der Waals surface area (Å²) < 4.78 is 6.19. The van der Waals surface area contributed by atoms with E-state index in [9.17, 15) is 20.0 Å². The van der Waals surface area contributed by atoms with E-state index in [1.165, 1.54) is 12.1 Å². The Morgan fingerprint density at radius 1 is 1.09 bits per heavy atom. The molecule has 1 heterocycles. The van der Waals surface area contributed by atoms with Gasteiger partial charge in [0.2, 0.25) is 0 Å². The van der Waals surface area contributed by atoms with Crippen LogP contribution in [0.25, 0.3) is 22.3 Å². The van der Waals surface area contributed by atoms with Gasteiger partial charge >= 0.3 is 5.97 Å². The van der Waals surface area contributed by atoms with Gasteiger partial charge in [0.1, 0.15) is 11.3 Å². The van der Waals surface area contributed by atoms with Gasteiger partial charge in [-0.3, -0.25) is 4.79 Å². The zero-order valence-corrected chi connectivity index (χ0v) is 17.5. The van der Waals surface area contributed by atoms with E-state index in [0.717, 1.165) is 5.56 Å². The molecule has 0 saturated heterocycles. The molecular weight excluding hydrogens is 404 g/mol. The van der Waals surface area contributed by atoms with Crippen LogP contribution in [0.5, 0.6) is 0 Å². The number of nitriles is 1. The van der Waals surface area contributed by atoms with Gasteiger partial charge in [-0.1, -0.05) is 30.3 Å². The van der Waals surface area contributed by atoms with Crippen LogP contribution in [-0.2, 0) is 0 Å². The number of aryl methyl sites for hydroxylation is 1. The quantitative estimate of drug-likeness (QED) is 0.438. The topological polar surface area (TPSA) is 103 Å². The van der Waals surface area contributed by atoms with Gasteiger partial charge in [-0.2, -0.15) is 5.26 Å². The molecule has 6 nitrogen and oxygen atoms in total. The normalized spacial score (nSPS) is 11.7. The molecule has 0 unspecified atom stereocenters. The van der Waals surface area contributed by atoms with Crippen LogP contribution >= 0.6 is 0 Å². The molecule has 0 saturated carbocycles. The Morgan fingerprint density at radius 2 is 1.81 bits per heavy atom. The Balaban J connectivity index is 1.88. The van der Waals surface area contributed by atoms with Crippen molar-refractivity contribution in [3.63, 3.8) is 0 Å². The molecule has 1 aromatic heterocycles. The number of carboxylic acid groups (broad SMARTS) is 1. The molecule has 0 bridgehead atoms. The van der Waals surface area contributed by atoms with Gasteiger partial charge in [-0.15, -0.1) is 0 Å². The fraction of sp³-hybridized carbons (Fsp3) is 0.115. The van der Waals surface area contributed by atoms with Crippen LogP contribution in [0.1, 0.15) is 40.0 Å². The molecule has 0 aliphatic carbocycles. The van der Waals surface area contributed by atoms with Crippen molar-refractivity contribution < 1.29 is 14.3 Å². The molecule has 0 radical (unpaired) electrons. The van der Waals surface area contributed by atoms with Crippen molar-refractivity contribution in [1.29, 1.82) is 5.26 Å². The summed E-state index contributed by atoms with van der Waals surface area (Å²) in [6.07, 6.45) is 0. The van der Waals surface area contributed by atoms with Gasteiger partial charge in [0.15, 0.2) is 5.43 Å². The van der Waals surface area contributed by atoms with E-state index in [-0.39, 0.29) is 17.0 Å². The van der Waals surface area contributed by atoms with E-state index in [0.29, 0.717) is 39.1 Å². The number of hydrogen-bond donors (Lipinski definition) is 2. The molecule has 0 aliphatic rings. The Bertz CT molecular complexity index is 1450. The van der Waals surface area contributed by atoms with E-state index in [1.807, 2.05) is 19.9 Å². The number of benzene rings is 3. The second kappa shape index (κ2) is 8.40. The third-order valence-corrected chi connectivity index (χ3v) is 5.31. The summed E-state index contributed by atoms with van der Waals surface area (Å²) in [5.74, 6) is -0.723. The number of anilines is 1. The Kier molecular flexibility index (Phi) is 5.48. The van der Waals surface area contributed by atoms with Crippen molar-refractivity contribution in [3.05, 3.63) is 99.2 Å². The summed E-state index contributed by atoms with van der Waals surface area (Å²) in [6.45, 7) is 3.77. The largest absolute Gasteiger partial charge is 0.478 e. The maximum atomic E-state index is 13.0. The minimum absolute atomic E-state index is 0.154. The number of rotatable bonds is 5. The lowest BCUT2D eigenvalue weighted by Crippen LogP contribution is -2.12. The van der Waals surface area contributed by atoms with E-state index >= 15 is 0 Å². The van der Waals surface area contributed by atoms with Crippen LogP contribution in [0.3, 0.4) is 0 Å². The molecule has 0 aliphatic heterocycles. The number of nitrogens with one attached hydrogen (secondary N) is 1. The summed E-state index contributed by atoms with van der Waals surface area (Å²) >= 11 is 0. The van der Waals surface area contributed by atoms with Crippen LogP contribution < -0.4 is 10.7 Å². The highest BCUT2D eigenvalue weighted by Gasteiger charge is 2.19. The van der Waals surface area contributed by atoms with Crippen LogP contribution in [0.4, 0.5) is 5.69 Å². The minimum atomic E-state index is -1.03. The van der Waals surface area contributed by atoms with Gasteiger partial charge in [-0.25, -0.2) is 4.79 Å². The second-order valence-electron chi connectivity index (χ2n) is 7.58. The Labute approximate surface area is 184 Å². The monoisotopic (exact) mass is 424 g/mol. The second-order valence-corrected chi connectivity index (χ2v) is 7.58. The molecule has 0 amide bonds. The molecule has 3 aromatic carbocycles. The minimum Gasteiger partial charge on any atom is -0.478 e. The molecule has 32 heavy (non-hydrogen) atoms. The SMILES string of the molecule is Cc1cc([C@@H](C)Nc2ccccc2C(=O)O)c2oc(-c3ccccc3C#N)cc(=O)c2c1. The van der Waals surface area contributed by atoms with E-state index < -0.39 is 5.97 Å². The number of nitrogens with zero attached hydrogens (tertiary/aromatic N) is 1. The van der Waals surface area contributed by atoms with Crippen LogP contribution in [0, 0.1) is 18.3 Å². The predicted molar refractivity (Wildman–Crippen MR) is 123 cm³/mol. The van der Waals surface area contributed by atoms with Crippen LogP contribution in [0.2, 0.25) is 0 Å². The van der Waals surface area contributed by atoms with Crippen molar-refractivity contribution in [2.75, 3.05) is 5.32 Å². The first kappa shape index (κ1) is 20.9. The maximum Gasteiger partial charge on any atom is 0.337 e. The predicted octanol–water partition coefficient (Wildman–Crippen LogP) is 5.51. The lowest BCUT2D eigenvalue weighted by atomic mass is 9.99. The van der Waals surface area contributed by atoms with Crippen LogP contribution in [-0.4, -0.2) is 11.1 Å². The highest BCUT2D eigenvalue weighted by atomic mass is 16.4. The van der Waals surface area contributed by atoms with Gasteiger partial charge in [0.25, 0.3) is 0 Å². The number of fused-ring (bicyclic) bond motifs is 1. The van der Waals surface area contributed by atoms with Crippen molar-refractivity contribution in [2.24, 2.45) is 0 Å². The van der Waals surface area contributed by atoms with E-state index in [2.05, 4.69) is 11.4 Å². The molecule has 0 spiro atoms. The highest BCUT2D eigenvalue weighted by Crippen LogP contribution is 2.32.